The van der Waals surface area contributed by atoms with Gasteiger partial charge >= 0.3 is 0 Å². The van der Waals surface area contributed by atoms with E-state index in [9.17, 15) is 4.79 Å². The molecule has 2 aromatic rings. The molecule has 0 saturated heterocycles. The van der Waals surface area contributed by atoms with Gasteiger partial charge in [0.25, 0.3) is 0 Å². The number of benzene rings is 1. The second-order valence-corrected chi connectivity index (χ2v) is 5.78. The zero-order valence-corrected chi connectivity index (χ0v) is 12.6. The molecular formula is C14H13BrO2S. The summed E-state index contributed by atoms with van der Waals surface area (Å²) < 4.78 is 6.15. The highest BCUT2D eigenvalue weighted by Crippen LogP contribution is 2.27. The number of thiophene rings is 1. The Balaban J connectivity index is 2.27. The Hall–Kier alpha value is -1.13. The van der Waals surface area contributed by atoms with Crippen LogP contribution in [0.3, 0.4) is 0 Å². The molecule has 1 heterocycles. The molecule has 0 bridgehead atoms. The summed E-state index contributed by atoms with van der Waals surface area (Å²) in [7, 11) is 1.62. The topological polar surface area (TPSA) is 26.3 Å². The zero-order chi connectivity index (χ0) is 13.1. The Labute approximate surface area is 119 Å². The van der Waals surface area contributed by atoms with E-state index in [4.69, 9.17) is 4.74 Å². The van der Waals surface area contributed by atoms with Gasteiger partial charge in [-0.1, -0.05) is 17.7 Å². The van der Waals surface area contributed by atoms with Gasteiger partial charge < -0.3 is 4.74 Å². The predicted molar refractivity (Wildman–Crippen MR) is 77.8 cm³/mol. The maximum Gasteiger partial charge on any atom is 0.178 e. The van der Waals surface area contributed by atoms with Crippen molar-refractivity contribution >= 4 is 33.0 Å². The van der Waals surface area contributed by atoms with Gasteiger partial charge in [0, 0.05) is 16.5 Å². The number of aryl methyl sites for hydroxylation is 1. The monoisotopic (exact) mass is 324 g/mol. The Morgan fingerprint density at radius 1 is 1.39 bits per heavy atom. The molecule has 0 aliphatic heterocycles. The Morgan fingerprint density at radius 3 is 2.78 bits per heavy atom. The molecule has 0 saturated carbocycles. The fourth-order valence-electron chi connectivity index (χ4n) is 1.79. The molecule has 0 radical (unpaired) electrons. The van der Waals surface area contributed by atoms with Crippen molar-refractivity contribution in [2.75, 3.05) is 7.11 Å². The number of ketones is 1. The Kier molecular flexibility index (Phi) is 4.19. The summed E-state index contributed by atoms with van der Waals surface area (Å²) >= 11 is 4.85. The summed E-state index contributed by atoms with van der Waals surface area (Å²) in [6.45, 7) is 2.01. The lowest BCUT2D eigenvalue weighted by atomic mass is 10.0. The second-order valence-electron chi connectivity index (χ2n) is 4.01. The molecule has 18 heavy (non-hydrogen) atoms. The van der Waals surface area contributed by atoms with Crippen LogP contribution < -0.4 is 4.74 Å². The van der Waals surface area contributed by atoms with Crippen molar-refractivity contribution in [2.24, 2.45) is 0 Å². The summed E-state index contributed by atoms with van der Waals surface area (Å²) in [6.07, 6.45) is 0.365. The summed E-state index contributed by atoms with van der Waals surface area (Å²) in [6, 6.07) is 7.78. The molecule has 2 nitrogen and oxygen atoms in total. The van der Waals surface area contributed by atoms with Crippen LogP contribution in [0.25, 0.3) is 0 Å². The maximum atomic E-state index is 12.2. The van der Waals surface area contributed by atoms with Crippen molar-refractivity contribution in [1.29, 1.82) is 0 Å². The van der Waals surface area contributed by atoms with Crippen LogP contribution >= 0.6 is 27.3 Å². The lowest BCUT2D eigenvalue weighted by molar-refractivity contribution is 0.0995. The van der Waals surface area contributed by atoms with E-state index in [-0.39, 0.29) is 5.78 Å². The number of halogens is 1. The van der Waals surface area contributed by atoms with Crippen LogP contribution in [0.15, 0.2) is 34.1 Å². The largest absolute Gasteiger partial charge is 0.496 e. The summed E-state index contributed by atoms with van der Waals surface area (Å²) in [5, 5.41) is 1.91. The lowest BCUT2D eigenvalue weighted by Gasteiger charge is -2.08. The molecule has 0 fully saturated rings. The van der Waals surface area contributed by atoms with E-state index in [0.717, 1.165) is 26.2 Å². The maximum absolute atomic E-state index is 12.2. The van der Waals surface area contributed by atoms with Gasteiger partial charge in [-0.3, -0.25) is 4.79 Å². The molecule has 1 aromatic carbocycles. The van der Waals surface area contributed by atoms with Crippen LogP contribution in [-0.4, -0.2) is 12.9 Å². The smallest absolute Gasteiger partial charge is 0.178 e. The lowest BCUT2D eigenvalue weighted by Crippen LogP contribution is -2.04. The van der Waals surface area contributed by atoms with Crippen LogP contribution in [0, 0.1) is 6.92 Å². The number of rotatable bonds is 4. The van der Waals surface area contributed by atoms with Gasteiger partial charge in [-0.25, -0.2) is 0 Å². The van der Waals surface area contributed by atoms with Crippen LogP contribution in [0.5, 0.6) is 5.75 Å². The van der Waals surface area contributed by atoms with E-state index in [2.05, 4.69) is 15.9 Å². The van der Waals surface area contributed by atoms with Gasteiger partial charge in [0.1, 0.15) is 5.75 Å². The summed E-state index contributed by atoms with van der Waals surface area (Å²) in [5.41, 5.74) is 2.06. The quantitative estimate of drug-likeness (QED) is 0.786. The number of hydrogen-bond donors (Lipinski definition) is 0. The number of Topliss-reactive ketones (excluding diaryl/α,β-unsaturated/α-hetero) is 1. The standard InChI is InChI=1S/C14H13BrO2S/c1-9-3-4-13(17-2)10(7-9)8-12(16)14-11(15)5-6-18-14/h3-7H,8H2,1-2H3. The molecule has 0 unspecified atom stereocenters. The molecule has 94 valence electrons. The molecule has 0 N–H and O–H groups in total. The number of methoxy groups -OCH3 is 1. The molecule has 0 aliphatic rings. The SMILES string of the molecule is COc1ccc(C)cc1CC(=O)c1sccc1Br. The molecule has 4 heteroatoms. The molecule has 0 spiro atoms. The van der Waals surface area contributed by atoms with Crippen LogP contribution in [-0.2, 0) is 6.42 Å². The molecule has 1 aromatic heterocycles. The van der Waals surface area contributed by atoms with Crippen LogP contribution in [0.4, 0.5) is 0 Å². The molecule has 0 amide bonds. The van der Waals surface area contributed by atoms with Crippen molar-refractivity contribution in [3.8, 4) is 5.75 Å². The second kappa shape index (κ2) is 5.67. The minimum absolute atomic E-state index is 0.112. The normalized spacial score (nSPS) is 10.4. The third-order valence-electron chi connectivity index (χ3n) is 2.66. The Morgan fingerprint density at radius 2 is 2.17 bits per heavy atom. The van der Waals surface area contributed by atoms with E-state index < -0.39 is 0 Å². The van der Waals surface area contributed by atoms with Crippen molar-refractivity contribution < 1.29 is 9.53 Å². The fourth-order valence-corrected chi connectivity index (χ4v) is 3.32. The fraction of sp³-hybridized carbons (Fsp3) is 0.214. The van der Waals surface area contributed by atoms with E-state index >= 15 is 0 Å². The number of ether oxygens (including phenoxy) is 1. The Bertz CT molecular complexity index is 575. The average molecular weight is 325 g/mol. The summed E-state index contributed by atoms with van der Waals surface area (Å²) in [4.78, 5) is 13.0. The van der Waals surface area contributed by atoms with Gasteiger partial charge in [-0.05, 0) is 40.4 Å². The molecule has 2 rings (SSSR count). The van der Waals surface area contributed by atoms with E-state index in [0.29, 0.717) is 6.42 Å². The predicted octanol–water partition coefficient (Wildman–Crippen LogP) is 4.25. The highest BCUT2D eigenvalue weighted by atomic mass is 79.9. The third-order valence-corrected chi connectivity index (χ3v) is 4.54. The minimum Gasteiger partial charge on any atom is -0.496 e. The minimum atomic E-state index is 0.112. The highest BCUT2D eigenvalue weighted by molar-refractivity contribution is 9.10. The van der Waals surface area contributed by atoms with E-state index in [1.54, 1.807) is 7.11 Å². The first-order chi connectivity index (χ1) is 8.61. The van der Waals surface area contributed by atoms with E-state index in [1.807, 2.05) is 36.6 Å². The van der Waals surface area contributed by atoms with Crippen molar-refractivity contribution in [2.45, 2.75) is 13.3 Å². The van der Waals surface area contributed by atoms with Gasteiger partial charge in [-0.15, -0.1) is 11.3 Å². The number of carbonyl (C=O) groups excluding carboxylic acids is 1. The van der Waals surface area contributed by atoms with Gasteiger partial charge in [0.05, 0.1) is 12.0 Å². The first kappa shape index (κ1) is 13.3. The van der Waals surface area contributed by atoms with Gasteiger partial charge in [0.15, 0.2) is 5.78 Å². The van der Waals surface area contributed by atoms with Gasteiger partial charge in [-0.2, -0.15) is 0 Å². The van der Waals surface area contributed by atoms with Crippen molar-refractivity contribution in [3.05, 3.63) is 50.1 Å². The number of hydrogen-bond acceptors (Lipinski definition) is 3. The highest BCUT2D eigenvalue weighted by Gasteiger charge is 2.14. The molecule has 0 atom stereocenters. The zero-order valence-electron chi connectivity index (χ0n) is 10.2. The third kappa shape index (κ3) is 2.82. The molecular weight excluding hydrogens is 312 g/mol. The van der Waals surface area contributed by atoms with Crippen molar-refractivity contribution in [3.63, 3.8) is 0 Å². The number of carbonyl (C=O) groups is 1. The average Bonchev–Trinajstić information content (AvgIpc) is 2.76. The first-order valence-corrected chi connectivity index (χ1v) is 7.19. The van der Waals surface area contributed by atoms with Gasteiger partial charge in [0.2, 0.25) is 0 Å². The van der Waals surface area contributed by atoms with Crippen LogP contribution in [0.2, 0.25) is 0 Å². The van der Waals surface area contributed by atoms with Crippen LogP contribution in [0.1, 0.15) is 20.8 Å². The molecule has 0 aliphatic carbocycles. The first-order valence-electron chi connectivity index (χ1n) is 5.51. The van der Waals surface area contributed by atoms with E-state index in [1.165, 1.54) is 11.3 Å². The van der Waals surface area contributed by atoms with Crippen molar-refractivity contribution in [1.82, 2.24) is 0 Å². The summed E-state index contributed by atoms with van der Waals surface area (Å²) in [5.74, 6) is 0.877.